The van der Waals surface area contributed by atoms with Gasteiger partial charge in [-0.05, 0) is 12.8 Å². The quantitative estimate of drug-likeness (QED) is 0.771. The standard InChI is InChI=1S/C14H25N3O/c1-5-7-12-9-13(15-8-6-2)17-14(16-12)11(3)10-18-4/h9,11H,5-8,10H2,1-4H3,(H,15,16,17). The molecule has 0 radical (unpaired) electrons. The number of nitrogens with zero attached hydrogens (tertiary/aromatic N) is 2. The summed E-state index contributed by atoms with van der Waals surface area (Å²) in [6, 6.07) is 2.06. The van der Waals surface area contributed by atoms with E-state index in [1.807, 2.05) is 0 Å². The fourth-order valence-electron chi connectivity index (χ4n) is 1.79. The van der Waals surface area contributed by atoms with Gasteiger partial charge in [-0.1, -0.05) is 27.2 Å². The van der Waals surface area contributed by atoms with Gasteiger partial charge in [0.05, 0.1) is 6.61 Å². The lowest BCUT2D eigenvalue weighted by molar-refractivity contribution is 0.181. The van der Waals surface area contributed by atoms with Crippen LogP contribution in [0.4, 0.5) is 5.82 Å². The maximum absolute atomic E-state index is 5.18. The summed E-state index contributed by atoms with van der Waals surface area (Å²) in [6.07, 6.45) is 3.19. The van der Waals surface area contributed by atoms with Crippen LogP contribution >= 0.6 is 0 Å². The van der Waals surface area contributed by atoms with E-state index in [4.69, 9.17) is 4.74 Å². The van der Waals surface area contributed by atoms with E-state index in [0.29, 0.717) is 6.61 Å². The second kappa shape index (κ2) is 8.03. The lowest BCUT2D eigenvalue weighted by Crippen LogP contribution is -2.12. The number of hydrogen-bond donors (Lipinski definition) is 1. The monoisotopic (exact) mass is 251 g/mol. The predicted molar refractivity (Wildman–Crippen MR) is 75.1 cm³/mol. The van der Waals surface area contributed by atoms with Gasteiger partial charge < -0.3 is 10.1 Å². The molecule has 1 aromatic heterocycles. The predicted octanol–water partition coefficient (Wildman–Crippen LogP) is 3.00. The SMILES string of the molecule is CCCNc1cc(CCC)nc(C(C)COC)n1. The van der Waals surface area contributed by atoms with Crippen LogP contribution in [-0.4, -0.2) is 30.2 Å². The van der Waals surface area contributed by atoms with Gasteiger partial charge in [0.1, 0.15) is 11.6 Å². The first kappa shape index (κ1) is 14.9. The largest absolute Gasteiger partial charge is 0.384 e. The molecule has 102 valence electrons. The van der Waals surface area contributed by atoms with Crippen molar-refractivity contribution in [3.05, 3.63) is 17.6 Å². The second-order valence-electron chi connectivity index (χ2n) is 4.64. The maximum atomic E-state index is 5.18. The maximum Gasteiger partial charge on any atom is 0.136 e. The highest BCUT2D eigenvalue weighted by atomic mass is 16.5. The molecule has 1 rings (SSSR count). The van der Waals surface area contributed by atoms with Crippen molar-refractivity contribution < 1.29 is 4.74 Å². The van der Waals surface area contributed by atoms with Crippen LogP contribution in [0.5, 0.6) is 0 Å². The van der Waals surface area contributed by atoms with E-state index in [1.165, 1.54) is 0 Å². The van der Waals surface area contributed by atoms with Crippen molar-refractivity contribution in [2.45, 2.75) is 46.0 Å². The van der Waals surface area contributed by atoms with Crippen molar-refractivity contribution in [3.63, 3.8) is 0 Å². The Morgan fingerprint density at radius 1 is 1.28 bits per heavy atom. The number of rotatable bonds is 8. The second-order valence-corrected chi connectivity index (χ2v) is 4.64. The summed E-state index contributed by atoms with van der Waals surface area (Å²) < 4.78 is 5.18. The van der Waals surface area contributed by atoms with Crippen LogP contribution < -0.4 is 5.32 Å². The Labute approximate surface area is 110 Å². The minimum absolute atomic E-state index is 0.231. The third-order valence-corrected chi connectivity index (χ3v) is 2.72. The van der Waals surface area contributed by atoms with E-state index in [1.54, 1.807) is 7.11 Å². The number of ether oxygens (including phenoxy) is 1. The zero-order valence-corrected chi connectivity index (χ0v) is 12.0. The molecule has 0 aliphatic carbocycles. The average Bonchev–Trinajstić information content (AvgIpc) is 2.37. The Bertz CT molecular complexity index is 355. The molecule has 0 aromatic carbocycles. The third kappa shape index (κ3) is 4.61. The minimum Gasteiger partial charge on any atom is -0.384 e. The van der Waals surface area contributed by atoms with E-state index in [-0.39, 0.29) is 5.92 Å². The lowest BCUT2D eigenvalue weighted by atomic mass is 10.1. The van der Waals surface area contributed by atoms with Crippen LogP contribution in [0.3, 0.4) is 0 Å². The third-order valence-electron chi connectivity index (χ3n) is 2.72. The van der Waals surface area contributed by atoms with Crippen molar-refractivity contribution in [1.82, 2.24) is 9.97 Å². The molecule has 0 amide bonds. The Morgan fingerprint density at radius 3 is 2.67 bits per heavy atom. The molecule has 1 heterocycles. The van der Waals surface area contributed by atoms with Gasteiger partial charge in [-0.25, -0.2) is 9.97 Å². The van der Waals surface area contributed by atoms with Crippen LogP contribution in [0.25, 0.3) is 0 Å². The Kier molecular flexibility index (Phi) is 6.65. The molecule has 1 atom stereocenters. The van der Waals surface area contributed by atoms with Crippen LogP contribution in [0.2, 0.25) is 0 Å². The van der Waals surface area contributed by atoms with Gasteiger partial charge in [-0.15, -0.1) is 0 Å². The normalized spacial score (nSPS) is 12.4. The molecule has 18 heavy (non-hydrogen) atoms. The number of hydrogen-bond acceptors (Lipinski definition) is 4. The number of anilines is 1. The van der Waals surface area contributed by atoms with Gasteiger partial charge >= 0.3 is 0 Å². The average molecular weight is 251 g/mol. The molecule has 0 aliphatic rings. The summed E-state index contributed by atoms with van der Waals surface area (Å²) in [5.41, 5.74) is 1.11. The van der Waals surface area contributed by atoms with Gasteiger partial charge in [0.15, 0.2) is 0 Å². The number of methoxy groups -OCH3 is 1. The fraction of sp³-hybridized carbons (Fsp3) is 0.714. The Balaban J connectivity index is 2.89. The summed E-state index contributed by atoms with van der Waals surface area (Å²) in [7, 11) is 1.71. The van der Waals surface area contributed by atoms with Crippen LogP contribution in [-0.2, 0) is 11.2 Å². The molecule has 4 heteroatoms. The smallest absolute Gasteiger partial charge is 0.136 e. The molecule has 1 unspecified atom stereocenters. The molecule has 0 spiro atoms. The molecule has 1 N–H and O–H groups in total. The van der Waals surface area contributed by atoms with E-state index >= 15 is 0 Å². The molecular formula is C14H25N3O. The molecule has 0 saturated carbocycles. The molecule has 0 aliphatic heterocycles. The Hall–Kier alpha value is -1.16. The molecule has 4 nitrogen and oxygen atoms in total. The van der Waals surface area contributed by atoms with E-state index in [9.17, 15) is 0 Å². The molecule has 0 bridgehead atoms. The van der Waals surface area contributed by atoms with Gasteiger partial charge in [0, 0.05) is 31.3 Å². The fourth-order valence-corrected chi connectivity index (χ4v) is 1.79. The number of nitrogens with one attached hydrogen (secondary N) is 1. The highest BCUT2D eigenvalue weighted by Crippen LogP contribution is 2.16. The molecular weight excluding hydrogens is 226 g/mol. The summed E-state index contributed by atoms with van der Waals surface area (Å²) in [4.78, 5) is 9.19. The Morgan fingerprint density at radius 2 is 2.06 bits per heavy atom. The summed E-state index contributed by atoms with van der Waals surface area (Å²) in [5, 5.41) is 3.34. The topological polar surface area (TPSA) is 47.0 Å². The highest BCUT2D eigenvalue weighted by molar-refractivity contribution is 5.36. The van der Waals surface area contributed by atoms with Crippen molar-refractivity contribution in [1.29, 1.82) is 0 Å². The summed E-state index contributed by atoms with van der Waals surface area (Å²) in [6.45, 7) is 8.01. The number of aryl methyl sites for hydroxylation is 1. The molecule has 1 aromatic rings. The first-order valence-electron chi connectivity index (χ1n) is 6.81. The van der Waals surface area contributed by atoms with Gasteiger partial charge in [0.2, 0.25) is 0 Å². The van der Waals surface area contributed by atoms with Gasteiger partial charge in [0.25, 0.3) is 0 Å². The summed E-state index contributed by atoms with van der Waals surface area (Å²) in [5.74, 6) is 2.05. The van der Waals surface area contributed by atoms with Crippen molar-refractivity contribution in [2.75, 3.05) is 25.6 Å². The van der Waals surface area contributed by atoms with Crippen molar-refractivity contribution in [3.8, 4) is 0 Å². The van der Waals surface area contributed by atoms with E-state index < -0.39 is 0 Å². The molecule has 0 saturated heterocycles. The zero-order valence-electron chi connectivity index (χ0n) is 12.0. The van der Waals surface area contributed by atoms with E-state index in [0.717, 1.165) is 43.1 Å². The number of aromatic nitrogens is 2. The first-order valence-corrected chi connectivity index (χ1v) is 6.81. The van der Waals surface area contributed by atoms with Crippen molar-refractivity contribution in [2.24, 2.45) is 0 Å². The van der Waals surface area contributed by atoms with E-state index in [2.05, 4.69) is 42.1 Å². The zero-order chi connectivity index (χ0) is 13.4. The van der Waals surface area contributed by atoms with Crippen LogP contribution in [0, 0.1) is 0 Å². The van der Waals surface area contributed by atoms with Gasteiger partial charge in [-0.2, -0.15) is 0 Å². The van der Waals surface area contributed by atoms with Crippen LogP contribution in [0.15, 0.2) is 6.07 Å². The summed E-state index contributed by atoms with van der Waals surface area (Å²) >= 11 is 0. The van der Waals surface area contributed by atoms with Crippen molar-refractivity contribution >= 4 is 5.82 Å². The first-order chi connectivity index (χ1) is 8.71. The lowest BCUT2D eigenvalue weighted by Gasteiger charge is -2.13. The molecule has 0 fully saturated rings. The van der Waals surface area contributed by atoms with Crippen LogP contribution in [0.1, 0.15) is 51.0 Å². The highest BCUT2D eigenvalue weighted by Gasteiger charge is 2.11. The minimum atomic E-state index is 0.231. The van der Waals surface area contributed by atoms with Gasteiger partial charge in [-0.3, -0.25) is 0 Å².